The van der Waals surface area contributed by atoms with Crippen molar-refractivity contribution in [2.45, 2.75) is 17.5 Å². The first-order valence-corrected chi connectivity index (χ1v) is 6.62. The summed E-state index contributed by atoms with van der Waals surface area (Å²) in [6.45, 7) is 0.0698. The zero-order valence-electron chi connectivity index (χ0n) is 9.16. The quantitative estimate of drug-likeness (QED) is 0.901. The van der Waals surface area contributed by atoms with Crippen molar-refractivity contribution in [3.8, 4) is 0 Å². The van der Waals surface area contributed by atoms with Gasteiger partial charge in [0.15, 0.2) is 0 Å². The Balaban J connectivity index is 2.67. The normalized spacial score (nSPS) is 17.4. The Hall–Kier alpha value is -1.34. The monoisotopic (exact) mass is 277 g/mol. The standard InChI is InChI=1S/C11H10F3NO2S/c12-11(13,14)9-3-1-2-7-6-8(4-5-15)18(16,17)10(7)9/h1-3,6H,4-5,15H2. The number of sulfone groups is 1. The molecule has 1 aliphatic rings. The van der Waals surface area contributed by atoms with Crippen LogP contribution in [0.1, 0.15) is 17.5 Å². The zero-order chi connectivity index (χ0) is 13.6. The molecule has 98 valence electrons. The lowest BCUT2D eigenvalue weighted by Crippen LogP contribution is -2.14. The molecule has 1 aromatic rings. The number of fused-ring (bicyclic) bond motifs is 1. The molecule has 1 aromatic carbocycles. The first-order valence-electron chi connectivity index (χ1n) is 5.14. The van der Waals surface area contributed by atoms with E-state index in [1.54, 1.807) is 0 Å². The molecular formula is C11H10F3NO2S. The summed E-state index contributed by atoms with van der Waals surface area (Å²) in [4.78, 5) is -0.711. The first kappa shape index (κ1) is 13.1. The van der Waals surface area contributed by atoms with E-state index in [4.69, 9.17) is 5.73 Å². The van der Waals surface area contributed by atoms with Crippen LogP contribution in [0.3, 0.4) is 0 Å². The van der Waals surface area contributed by atoms with Gasteiger partial charge in [0.1, 0.15) is 0 Å². The van der Waals surface area contributed by atoms with Crippen molar-refractivity contribution in [3.63, 3.8) is 0 Å². The Kier molecular flexibility index (Phi) is 2.98. The molecule has 0 fully saturated rings. The molecule has 2 N–H and O–H groups in total. The maximum absolute atomic E-state index is 12.8. The average molecular weight is 277 g/mol. The summed E-state index contributed by atoms with van der Waals surface area (Å²) in [6, 6.07) is 3.32. The molecule has 0 radical (unpaired) electrons. The molecule has 7 heteroatoms. The van der Waals surface area contributed by atoms with Gasteiger partial charge in [0.2, 0.25) is 9.84 Å². The highest BCUT2D eigenvalue weighted by molar-refractivity contribution is 7.95. The molecule has 2 rings (SSSR count). The van der Waals surface area contributed by atoms with Crippen molar-refractivity contribution >= 4 is 15.9 Å². The second-order valence-electron chi connectivity index (χ2n) is 3.87. The van der Waals surface area contributed by atoms with E-state index in [2.05, 4.69) is 0 Å². The van der Waals surface area contributed by atoms with Crippen LogP contribution in [0.15, 0.2) is 28.0 Å². The van der Waals surface area contributed by atoms with Crippen LogP contribution < -0.4 is 5.73 Å². The van der Waals surface area contributed by atoms with E-state index in [0.29, 0.717) is 0 Å². The molecule has 0 saturated heterocycles. The fourth-order valence-electron chi connectivity index (χ4n) is 1.92. The van der Waals surface area contributed by atoms with Crippen LogP contribution in [-0.4, -0.2) is 15.0 Å². The topological polar surface area (TPSA) is 60.2 Å². The largest absolute Gasteiger partial charge is 0.417 e. The van der Waals surface area contributed by atoms with Crippen molar-refractivity contribution in [2.75, 3.05) is 6.54 Å². The van der Waals surface area contributed by atoms with Gasteiger partial charge in [-0.3, -0.25) is 0 Å². The van der Waals surface area contributed by atoms with E-state index < -0.39 is 26.5 Å². The van der Waals surface area contributed by atoms with Gasteiger partial charge in [0, 0.05) is 0 Å². The Bertz CT molecular complexity index is 618. The minimum Gasteiger partial charge on any atom is -0.330 e. The number of alkyl halides is 3. The molecule has 1 aliphatic heterocycles. The SMILES string of the molecule is NCCC1=Cc2cccc(C(F)(F)F)c2S1(=O)=O. The van der Waals surface area contributed by atoms with Gasteiger partial charge in [-0.25, -0.2) is 8.42 Å². The van der Waals surface area contributed by atoms with Crippen LogP contribution in [0.5, 0.6) is 0 Å². The lowest BCUT2D eigenvalue weighted by atomic mass is 10.1. The summed E-state index contributed by atoms with van der Waals surface area (Å²) in [6.07, 6.45) is -3.40. The fourth-order valence-corrected chi connectivity index (χ4v) is 3.76. The third-order valence-electron chi connectivity index (χ3n) is 2.67. The number of halogens is 3. The smallest absolute Gasteiger partial charge is 0.330 e. The first-order chi connectivity index (χ1) is 8.28. The summed E-state index contributed by atoms with van der Waals surface area (Å²) in [5, 5.41) is 0. The van der Waals surface area contributed by atoms with Crippen LogP contribution in [0.4, 0.5) is 13.2 Å². The molecule has 0 bridgehead atoms. The average Bonchev–Trinajstić information content (AvgIpc) is 2.50. The molecule has 0 aliphatic carbocycles. The molecule has 18 heavy (non-hydrogen) atoms. The Morgan fingerprint density at radius 3 is 2.44 bits per heavy atom. The summed E-state index contributed by atoms with van der Waals surface area (Å²) in [7, 11) is -4.06. The highest BCUT2D eigenvalue weighted by Crippen LogP contribution is 2.42. The van der Waals surface area contributed by atoms with E-state index in [0.717, 1.165) is 6.07 Å². The van der Waals surface area contributed by atoms with Gasteiger partial charge in [-0.1, -0.05) is 12.1 Å². The Morgan fingerprint density at radius 1 is 1.22 bits per heavy atom. The summed E-state index contributed by atoms with van der Waals surface area (Å²) < 4.78 is 62.4. The van der Waals surface area contributed by atoms with E-state index in [9.17, 15) is 21.6 Å². The second kappa shape index (κ2) is 4.10. The highest BCUT2D eigenvalue weighted by atomic mass is 32.2. The van der Waals surface area contributed by atoms with E-state index in [1.807, 2.05) is 0 Å². The van der Waals surface area contributed by atoms with Crippen molar-refractivity contribution < 1.29 is 21.6 Å². The van der Waals surface area contributed by atoms with Crippen molar-refractivity contribution in [2.24, 2.45) is 5.73 Å². The molecule has 0 saturated carbocycles. The maximum atomic E-state index is 12.8. The van der Waals surface area contributed by atoms with Crippen LogP contribution in [0.25, 0.3) is 6.08 Å². The van der Waals surface area contributed by atoms with Gasteiger partial charge in [0.05, 0.1) is 15.4 Å². The number of hydrogen-bond acceptors (Lipinski definition) is 3. The number of rotatable bonds is 2. The molecule has 0 amide bonds. The van der Waals surface area contributed by atoms with Crippen molar-refractivity contribution in [3.05, 3.63) is 34.2 Å². The Morgan fingerprint density at radius 2 is 1.89 bits per heavy atom. The number of nitrogens with two attached hydrogens (primary N) is 1. The van der Waals surface area contributed by atoms with Crippen LogP contribution in [0.2, 0.25) is 0 Å². The number of benzene rings is 1. The van der Waals surface area contributed by atoms with Gasteiger partial charge in [0.25, 0.3) is 0 Å². The van der Waals surface area contributed by atoms with Crippen LogP contribution in [0, 0.1) is 0 Å². The van der Waals surface area contributed by atoms with E-state index in [1.165, 1.54) is 18.2 Å². The second-order valence-corrected chi connectivity index (χ2v) is 5.81. The van der Waals surface area contributed by atoms with Crippen LogP contribution in [-0.2, 0) is 16.0 Å². The summed E-state index contributed by atoms with van der Waals surface area (Å²) in [5.74, 6) is 0. The zero-order valence-corrected chi connectivity index (χ0v) is 9.98. The molecule has 0 spiro atoms. The van der Waals surface area contributed by atoms with Crippen LogP contribution >= 0.6 is 0 Å². The molecule has 0 unspecified atom stereocenters. The highest BCUT2D eigenvalue weighted by Gasteiger charge is 2.41. The predicted octanol–water partition coefficient (Wildman–Crippen LogP) is 2.18. The van der Waals surface area contributed by atoms with Gasteiger partial charge < -0.3 is 5.73 Å². The molecule has 0 atom stereocenters. The van der Waals surface area contributed by atoms with Crippen molar-refractivity contribution in [1.82, 2.24) is 0 Å². The minimum absolute atomic E-state index is 0.0360. The molecule has 3 nitrogen and oxygen atoms in total. The van der Waals surface area contributed by atoms with Gasteiger partial charge >= 0.3 is 6.18 Å². The molecule has 1 heterocycles. The summed E-state index contributed by atoms with van der Waals surface area (Å²) >= 11 is 0. The maximum Gasteiger partial charge on any atom is 0.417 e. The Labute approximate surface area is 102 Å². The number of hydrogen-bond donors (Lipinski definition) is 1. The summed E-state index contributed by atoms with van der Waals surface area (Å²) in [5.41, 5.74) is 4.22. The lowest BCUT2D eigenvalue weighted by molar-refractivity contribution is -0.139. The third-order valence-corrected chi connectivity index (χ3v) is 4.68. The molecule has 0 aromatic heterocycles. The van der Waals surface area contributed by atoms with Gasteiger partial charge in [-0.2, -0.15) is 13.2 Å². The lowest BCUT2D eigenvalue weighted by Gasteiger charge is -2.12. The third kappa shape index (κ3) is 1.93. The minimum atomic E-state index is -4.69. The van der Waals surface area contributed by atoms with Gasteiger partial charge in [-0.15, -0.1) is 0 Å². The van der Waals surface area contributed by atoms with E-state index in [-0.39, 0.29) is 23.4 Å². The molecular weight excluding hydrogens is 267 g/mol. The fraction of sp³-hybridized carbons (Fsp3) is 0.273. The van der Waals surface area contributed by atoms with E-state index >= 15 is 0 Å². The van der Waals surface area contributed by atoms with Gasteiger partial charge in [-0.05, 0) is 30.7 Å². The van der Waals surface area contributed by atoms with Crippen molar-refractivity contribution in [1.29, 1.82) is 0 Å². The predicted molar refractivity (Wildman–Crippen MR) is 60.3 cm³/mol.